The van der Waals surface area contributed by atoms with E-state index in [0.29, 0.717) is 22.5 Å². The summed E-state index contributed by atoms with van der Waals surface area (Å²) in [6, 6.07) is 4.70. The summed E-state index contributed by atoms with van der Waals surface area (Å²) < 4.78 is 44.3. The molecule has 1 saturated carbocycles. The molecule has 9 heteroatoms. The number of furan rings is 1. The number of aromatic nitrogens is 3. The molecule has 0 unspecified atom stereocenters. The van der Waals surface area contributed by atoms with Gasteiger partial charge in [-0.25, -0.2) is 9.97 Å². The summed E-state index contributed by atoms with van der Waals surface area (Å²) in [5.41, 5.74) is 1.08. The molecule has 0 atom stereocenters. The highest BCUT2D eigenvalue weighted by molar-refractivity contribution is 5.93. The van der Waals surface area contributed by atoms with Crippen molar-refractivity contribution in [2.24, 2.45) is 5.92 Å². The Bertz CT molecular complexity index is 965. The maximum Gasteiger partial charge on any atom is 0.406 e. The zero-order valence-corrected chi connectivity index (χ0v) is 14.3. The van der Waals surface area contributed by atoms with Gasteiger partial charge in [-0.2, -0.15) is 13.2 Å². The minimum atomic E-state index is -4.46. The van der Waals surface area contributed by atoms with Crippen LogP contribution in [0.2, 0.25) is 0 Å². The quantitative estimate of drug-likeness (QED) is 0.717. The van der Waals surface area contributed by atoms with Gasteiger partial charge >= 0.3 is 6.18 Å². The molecule has 1 amide bonds. The van der Waals surface area contributed by atoms with Gasteiger partial charge in [0.2, 0.25) is 0 Å². The van der Waals surface area contributed by atoms with Crippen molar-refractivity contribution in [2.75, 3.05) is 13.1 Å². The van der Waals surface area contributed by atoms with Gasteiger partial charge in [0.15, 0.2) is 11.5 Å². The van der Waals surface area contributed by atoms with Gasteiger partial charge in [-0.3, -0.25) is 4.79 Å². The van der Waals surface area contributed by atoms with E-state index >= 15 is 0 Å². The molecule has 1 aliphatic rings. The Morgan fingerprint density at radius 1 is 1.30 bits per heavy atom. The first-order chi connectivity index (χ1) is 12.9. The summed E-state index contributed by atoms with van der Waals surface area (Å²) in [4.78, 5) is 24.7. The molecule has 0 saturated heterocycles. The third-order valence-electron chi connectivity index (χ3n) is 4.76. The van der Waals surface area contributed by atoms with Crippen molar-refractivity contribution >= 4 is 16.9 Å². The predicted octanol–water partition coefficient (Wildman–Crippen LogP) is 4.27. The highest BCUT2D eigenvalue weighted by Crippen LogP contribution is 2.31. The van der Waals surface area contributed by atoms with Crippen LogP contribution in [0.1, 0.15) is 31.2 Å². The lowest BCUT2D eigenvalue weighted by molar-refractivity contribution is -0.142. The van der Waals surface area contributed by atoms with E-state index in [2.05, 4.69) is 15.0 Å². The number of hydrogen-bond acceptors (Lipinski definition) is 4. The average Bonchev–Trinajstić information content (AvgIpc) is 3.23. The van der Waals surface area contributed by atoms with Crippen LogP contribution in [0.15, 0.2) is 35.1 Å². The summed E-state index contributed by atoms with van der Waals surface area (Å²) >= 11 is 0. The van der Waals surface area contributed by atoms with Crippen molar-refractivity contribution in [1.29, 1.82) is 0 Å². The lowest BCUT2D eigenvalue weighted by atomic mass is 9.85. The maximum atomic E-state index is 12.9. The number of fused-ring (bicyclic) bond motifs is 1. The number of carbonyl (C=O) groups excluding carboxylic acids is 1. The van der Waals surface area contributed by atoms with E-state index in [9.17, 15) is 18.0 Å². The minimum Gasteiger partial charge on any atom is -0.449 e. The third-order valence-corrected chi connectivity index (χ3v) is 4.76. The van der Waals surface area contributed by atoms with E-state index in [-0.39, 0.29) is 19.6 Å². The second-order valence-electron chi connectivity index (χ2n) is 6.72. The molecule has 144 valence electrons. The van der Waals surface area contributed by atoms with Gasteiger partial charge in [-0.1, -0.05) is 6.42 Å². The van der Waals surface area contributed by atoms with Crippen LogP contribution in [-0.4, -0.2) is 45.0 Å². The van der Waals surface area contributed by atoms with E-state index in [1.807, 2.05) is 0 Å². The molecule has 1 aliphatic carbocycles. The normalized spacial score (nSPS) is 15.1. The number of halogens is 3. The molecule has 1 fully saturated rings. The molecule has 0 aromatic carbocycles. The van der Waals surface area contributed by atoms with Crippen LogP contribution in [0, 0.1) is 5.92 Å². The number of carbonyl (C=O) groups is 1. The van der Waals surface area contributed by atoms with Crippen LogP contribution in [0.4, 0.5) is 13.2 Å². The van der Waals surface area contributed by atoms with Crippen molar-refractivity contribution in [3.63, 3.8) is 0 Å². The van der Waals surface area contributed by atoms with Crippen molar-refractivity contribution in [1.82, 2.24) is 19.9 Å². The van der Waals surface area contributed by atoms with Crippen molar-refractivity contribution in [2.45, 2.75) is 25.4 Å². The summed E-state index contributed by atoms with van der Waals surface area (Å²) in [6.07, 6.45) is 1.27. The molecule has 3 aromatic rings. The van der Waals surface area contributed by atoms with Crippen LogP contribution in [0.3, 0.4) is 0 Å². The molecule has 3 heterocycles. The number of nitrogens with one attached hydrogen (secondary N) is 1. The fourth-order valence-corrected chi connectivity index (χ4v) is 3.23. The highest BCUT2D eigenvalue weighted by Gasteiger charge is 2.36. The highest BCUT2D eigenvalue weighted by atomic mass is 19.4. The largest absolute Gasteiger partial charge is 0.449 e. The zero-order chi connectivity index (χ0) is 19.0. The van der Waals surface area contributed by atoms with Gasteiger partial charge < -0.3 is 14.3 Å². The van der Waals surface area contributed by atoms with E-state index in [1.165, 1.54) is 18.5 Å². The number of rotatable bonds is 5. The van der Waals surface area contributed by atoms with Crippen LogP contribution >= 0.6 is 0 Å². The summed E-state index contributed by atoms with van der Waals surface area (Å²) in [7, 11) is 0. The molecule has 0 aliphatic heterocycles. The molecule has 3 aromatic heterocycles. The van der Waals surface area contributed by atoms with Crippen molar-refractivity contribution in [3.05, 3.63) is 36.5 Å². The first-order valence-corrected chi connectivity index (χ1v) is 8.65. The Kier molecular flexibility index (Phi) is 4.37. The number of aromatic amines is 1. The Morgan fingerprint density at radius 3 is 2.81 bits per heavy atom. The Hall–Kier alpha value is -2.84. The Balaban J connectivity index is 0.00000225. The monoisotopic (exact) mass is 380 g/mol. The Labute approximate surface area is 153 Å². The zero-order valence-electron chi connectivity index (χ0n) is 14.3. The lowest BCUT2D eigenvalue weighted by Crippen LogP contribution is -2.42. The second kappa shape index (κ2) is 6.71. The molecule has 0 spiro atoms. The first-order valence-electron chi connectivity index (χ1n) is 8.65. The molecular weight excluding hydrogens is 361 g/mol. The molecule has 1 N–H and O–H groups in total. The summed E-state index contributed by atoms with van der Waals surface area (Å²) in [5, 5.41) is 0.701. The first kappa shape index (κ1) is 17.6. The third kappa shape index (κ3) is 3.67. The van der Waals surface area contributed by atoms with E-state index in [0.717, 1.165) is 24.2 Å². The number of alkyl halides is 3. The number of hydrogen-bond donors (Lipinski definition) is 1. The Morgan fingerprint density at radius 2 is 2.11 bits per heavy atom. The molecule has 0 radical (unpaired) electrons. The van der Waals surface area contributed by atoms with Crippen molar-refractivity contribution in [3.8, 4) is 11.5 Å². The van der Waals surface area contributed by atoms with Gasteiger partial charge in [-0.15, -0.1) is 0 Å². The van der Waals surface area contributed by atoms with Crippen LogP contribution in [0.25, 0.3) is 22.5 Å². The smallest absolute Gasteiger partial charge is 0.406 e. The van der Waals surface area contributed by atoms with Crippen molar-refractivity contribution < 1.29 is 23.8 Å². The van der Waals surface area contributed by atoms with Gasteiger partial charge in [0, 0.05) is 19.6 Å². The number of amides is 1. The molecular formula is C18H19F3N4O2. The van der Waals surface area contributed by atoms with Crippen LogP contribution < -0.4 is 0 Å². The summed E-state index contributed by atoms with van der Waals surface area (Å²) in [6.45, 7) is -1.20. The lowest BCUT2D eigenvalue weighted by Gasteiger charge is -2.32. The fourth-order valence-electron chi connectivity index (χ4n) is 3.23. The van der Waals surface area contributed by atoms with Crippen LogP contribution in [0.5, 0.6) is 0 Å². The molecule has 0 bridgehead atoms. The van der Waals surface area contributed by atoms with E-state index in [4.69, 9.17) is 4.42 Å². The van der Waals surface area contributed by atoms with Gasteiger partial charge in [0.1, 0.15) is 24.2 Å². The van der Waals surface area contributed by atoms with E-state index in [1.54, 1.807) is 12.3 Å². The molecule has 27 heavy (non-hydrogen) atoms. The SMILES string of the molecule is O=C(c1ccc(-c2ncnc3[nH]ccc23)o1)N(CC1CCC1)CC(F)(F)F.[HH]. The average molecular weight is 380 g/mol. The number of H-pyrrole nitrogens is 1. The minimum absolute atomic E-state index is 0. The standard InChI is InChI=1S/C18H17F3N4O2.H2/c19-18(20,21)9-25(8-11-2-1-3-11)17(26)14-5-4-13(27-14)15-12-6-7-22-16(12)24-10-23-15;/h4-7,10-11H,1-3,8-9H2,(H,22,23,24);1H. The van der Waals surface area contributed by atoms with Gasteiger partial charge in [-0.05, 0) is 37.0 Å². The van der Waals surface area contributed by atoms with Crippen LogP contribution in [-0.2, 0) is 0 Å². The second-order valence-corrected chi connectivity index (χ2v) is 6.72. The fraction of sp³-hybridized carbons (Fsp3) is 0.389. The van der Waals surface area contributed by atoms with Gasteiger partial charge in [0.05, 0.1) is 0 Å². The maximum absolute atomic E-state index is 12.9. The predicted molar refractivity (Wildman–Crippen MR) is 93.0 cm³/mol. The topological polar surface area (TPSA) is 75.0 Å². The summed E-state index contributed by atoms with van der Waals surface area (Å²) in [5.74, 6) is -0.464. The van der Waals surface area contributed by atoms with E-state index < -0.39 is 18.6 Å². The van der Waals surface area contributed by atoms with Gasteiger partial charge in [0.25, 0.3) is 5.91 Å². The molecule has 4 rings (SSSR count). The number of nitrogens with zero attached hydrogens (tertiary/aromatic N) is 3. The molecule has 6 nitrogen and oxygen atoms in total.